The van der Waals surface area contributed by atoms with Crippen LogP contribution in [0.5, 0.6) is 11.5 Å². The molecule has 1 saturated heterocycles. The molecule has 0 radical (unpaired) electrons. The van der Waals surface area contributed by atoms with Crippen LogP contribution in [0, 0.1) is 0 Å². The van der Waals surface area contributed by atoms with E-state index in [0.717, 1.165) is 13.1 Å². The van der Waals surface area contributed by atoms with E-state index in [0.29, 0.717) is 5.56 Å². The topological polar surface area (TPSA) is 76.0 Å². The number of phenolic OH excluding ortho intramolecular Hbond substituents is 2. The molecular formula is C15H24N2O3. The molecule has 0 amide bonds. The second-order valence-corrected chi connectivity index (χ2v) is 5.48. The maximum atomic E-state index is 10.2. The average Bonchev–Trinajstić information content (AvgIpc) is 2.94. The van der Waals surface area contributed by atoms with E-state index in [9.17, 15) is 15.3 Å². The number of benzene rings is 1. The molecule has 1 aromatic rings. The fraction of sp³-hybridized carbons (Fsp3) is 0.600. The van der Waals surface area contributed by atoms with E-state index in [2.05, 4.69) is 10.2 Å². The third-order valence-corrected chi connectivity index (χ3v) is 3.91. The number of aromatic hydroxyl groups is 2. The number of aliphatic hydroxyl groups excluding tert-OH is 1. The average molecular weight is 280 g/mol. The van der Waals surface area contributed by atoms with Gasteiger partial charge in [-0.2, -0.15) is 0 Å². The zero-order valence-electron chi connectivity index (χ0n) is 11.9. The van der Waals surface area contributed by atoms with Crippen molar-refractivity contribution in [3.8, 4) is 11.5 Å². The molecular weight excluding hydrogens is 256 g/mol. The van der Waals surface area contributed by atoms with Crippen LogP contribution in [0.15, 0.2) is 18.2 Å². The normalized spacial score (nSPS) is 19.1. The van der Waals surface area contributed by atoms with Crippen molar-refractivity contribution in [3.05, 3.63) is 23.8 Å². The molecule has 0 spiro atoms. The number of nitrogens with one attached hydrogen (secondary N) is 1. The molecule has 0 aromatic heterocycles. The largest absolute Gasteiger partial charge is 0.504 e. The zero-order chi connectivity index (χ0) is 14.5. The Morgan fingerprint density at radius 3 is 2.55 bits per heavy atom. The Morgan fingerprint density at radius 2 is 1.90 bits per heavy atom. The van der Waals surface area contributed by atoms with Crippen LogP contribution in [0.3, 0.4) is 0 Å². The Kier molecular flexibility index (Phi) is 5.23. The number of hydrogen-bond acceptors (Lipinski definition) is 5. The van der Waals surface area contributed by atoms with Crippen molar-refractivity contribution < 1.29 is 15.3 Å². The Balaban J connectivity index is 1.81. The fourth-order valence-corrected chi connectivity index (χ4v) is 2.58. The summed E-state index contributed by atoms with van der Waals surface area (Å²) in [6.07, 6.45) is 1.86. The van der Waals surface area contributed by atoms with Gasteiger partial charge in [-0.15, -0.1) is 0 Å². The maximum Gasteiger partial charge on any atom is 0.157 e. The Hall–Kier alpha value is -1.30. The Bertz CT molecular complexity index is 433. The minimum absolute atomic E-state index is 0.110. The lowest BCUT2D eigenvalue weighted by Gasteiger charge is -2.22. The van der Waals surface area contributed by atoms with Crippen molar-refractivity contribution in [2.45, 2.75) is 31.9 Å². The first-order valence-electron chi connectivity index (χ1n) is 7.23. The van der Waals surface area contributed by atoms with Crippen molar-refractivity contribution >= 4 is 0 Å². The highest BCUT2D eigenvalue weighted by molar-refractivity contribution is 5.41. The van der Waals surface area contributed by atoms with Gasteiger partial charge in [0.25, 0.3) is 0 Å². The molecule has 2 atom stereocenters. The van der Waals surface area contributed by atoms with Gasteiger partial charge >= 0.3 is 0 Å². The van der Waals surface area contributed by atoms with E-state index >= 15 is 0 Å². The molecule has 2 rings (SSSR count). The Morgan fingerprint density at radius 1 is 1.20 bits per heavy atom. The van der Waals surface area contributed by atoms with Gasteiger partial charge in [-0.25, -0.2) is 0 Å². The first kappa shape index (κ1) is 15.1. The van der Waals surface area contributed by atoms with Crippen LogP contribution in [0.25, 0.3) is 0 Å². The molecule has 0 saturated carbocycles. The molecule has 0 unspecified atom stereocenters. The Labute approximate surface area is 119 Å². The van der Waals surface area contributed by atoms with Crippen molar-refractivity contribution in [2.75, 3.05) is 26.2 Å². The number of nitrogens with zero attached hydrogens (tertiary/aromatic N) is 1. The molecule has 1 aliphatic heterocycles. The fourth-order valence-electron chi connectivity index (χ4n) is 2.58. The van der Waals surface area contributed by atoms with Crippen molar-refractivity contribution in [1.29, 1.82) is 0 Å². The van der Waals surface area contributed by atoms with E-state index in [-0.39, 0.29) is 17.5 Å². The van der Waals surface area contributed by atoms with Gasteiger partial charge in [-0.3, -0.25) is 0 Å². The maximum absolute atomic E-state index is 10.2. The monoisotopic (exact) mass is 280 g/mol. The molecule has 1 fully saturated rings. The molecule has 1 heterocycles. The van der Waals surface area contributed by atoms with Gasteiger partial charge in [0.15, 0.2) is 11.5 Å². The van der Waals surface area contributed by atoms with Gasteiger partial charge in [0, 0.05) is 19.1 Å². The lowest BCUT2D eigenvalue weighted by atomic mass is 10.0. The summed E-state index contributed by atoms with van der Waals surface area (Å²) >= 11 is 0. The molecule has 5 nitrogen and oxygen atoms in total. The van der Waals surface area contributed by atoms with Crippen LogP contribution in [-0.2, 0) is 0 Å². The summed E-state index contributed by atoms with van der Waals surface area (Å²) in [4.78, 5) is 2.42. The summed E-state index contributed by atoms with van der Waals surface area (Å²) in [6, 6.07) is 4.31. The number of phenols is 2. The summed E-state index contributed by atoms with van der Waals surface area (Å²) in [7, 11) is 0. The van der Waals surface area contributed by atoms with Gasteiger partial charge in [-0.1, -0.05) is 6.07 Å². The molecule has 0 bridgehead atoms. The van der Waals surface area contributed by atoms with Gasteiger partial charge in [0.2, 0.25) is 0 Å². The number of aliphatic hydroxyl groups is 1. The quantitative estimate of drug-likeness (QED) is 0.589. The first-order chi connectivity index (χ1) is 9.58. The predicted molar refractivity (Wildman–Crippen MR) is 77.9 cm³/mol. The lowest BCUT2D eigenvalue weighted by molar-refractivity contribution is 0.134. The van der Waals surface area contributed by atoms with E-state index in [1.165, 1.54) is 38.1 Å². The van der Waals surface area contributed by atoms with Gasteiger partial charge < -0.3 is 25.5 Å². The lowest BCUT2D eigenvalue weighted by Crippen LogP contribution is -2.37. The number of rotatable bonds is 6. The smallest absolute Gasteiger partial charge is 0.157 e. The molecule has 1 aromatic carbocycles. The van der Waals surface area contributed by atoms with Crippen LogP contribution in [0.2, 0.25) is 0 Å². The summed E-state index contributed by atoms with van der Waals surface area (Å²) in [5.74, 6) is -0.374. The van der Waals surface area contributed by atoms with Gasteiger partial charge in [0.05, 0.1) is 6.10 Å². The molecule has 4 N–H and O–H groups in total. The summed E-state index contributed by atoms with van der Waals surface area (Å²) in [5.41, 5.74) is 0.599. The van der Waals surface area contributed by atoms with Crippen LogP contribution >= 0.6 is 0 Å². The molecule has 1 aliphatic rings. The summed E-state index contributed by atoms with van der Waals surface area (Å²) in [6.45, 7) is 6.09. The van der Waals surface area contributed by atoms with Gasteiger partial charge in [-0.05, 0) is 50.6 Å². The molecule has 0 aliphatic carbocycles. The van der Waals surface area contributed by atoms with Crippen LogP contribution in [-0.4, -0.2) is 52.4 Å². The number of hydrogen-bond donors (Lipinski definition) is 4. The molecule has 112 valence electrons. The summed E-state index contributed by atoms with van der Waals surface area (Å²) in [5, 5.41) is 32.3. The minimum atomic E-state index is -0.708. The second kappa shape index (κ2) is 6.92. The van der Waals surface area contributed by atoms with Crippen molar-refractivity contribution in [2.24, 2.45) is 0 Å². The van der Waals surface area contributed by atoms with E-state index in [1.807, 2.05) is 6.92 Å². The highest BCUT2D eigenvalue weighted by Crippen LogP contribution is 2.28. The SMILES string of the molecule is C[C@H](NCCN1CCCC1)[C@@H](O)c1ccc(O)c(O)c1. The van der Waals surface area contributed by atoms with Gasteiger partial charge in [0.1, 0.15) is 0 Å². The molecule has 5 heteroatoms. The number of likely N-dealkylation sites (tertiary alicyclic amines) is 1. The minimum Gasteiger partial charge on any atom is -0.504 e. The van der Waals surface area contributed by atoms with Crippen LogP contribution in [0.1, 0.15) is 31.4 Å². The third kappa shape index (κ3) is 3.85. The molecule has 20 heavy (non-hydrogen) atoms. The highest BCUT2D eigenvalue weighted by Gasteiger charge is 2.18. The van der Waals surface area contributed by atoms with Crippen molar-refractivity contribution in [3.63, 3.8) is 0 Å². The van der Waals surface area contributed by atoms with E-state index < -0.39 is 6.10 Å². The third-order valence-electron chi connectivity index (χ3n) is 3.91. The standard InChI is InChI=1S/C15H24N2O3/c1-11(16-6-9-17-7-2-3-8-17)15(20)12-4-5-13(18)14(19)10-12/h4-5,10-11,15-16,18-20H,2-3,6-9H2,1H3/t11-,15+/m0/s1. The van der Waals surface area contributed by atoms with Crippen LogP contribution in [0.4, 0.5) is 0 Å². The predicted octanol–water partition coefficient (Wildman–Crippen LogP) is 1.21. The van der Waals surface area contributed by atoms with E-state index in [4.69, 9.17) is 0 Å². The second-order valence-electron chi connectivity index (χ2n) is 5.48. The first-order valence-corrected chi connectivity index (χ1v) is 7.23. The van der Waals surface area contributed by atoms with Crippen molar-refractivity contribution in [1.82, 2.24) is 10.2 Å². The summed E-state index contributed by atoms with van der Waals surface area (Å²) < 4.78 is 0. The zero-order valence-corrected chi connectivity index (χ0v) is 11.9. The highest BCUT2D eigenvalue weighted by atomic mass is 16.3. The van der Waals surface area contributed by atoms with E-state index in [1.54, 1.807) is 6.07 Å². The van der Waals surface area contributed by atoms with Crippen LogP contribution < -0.4 is 5.32 Å².